The molecule has 10 aromatic carbocycles. The number of imidazole rings is 3. The summed E-state index contributed by atoms with van der Waals surface area (Å²) in [4.78, 5) is 17.4. The van der Waals surface area contributed by atoms with Gasteiger partial charge in [-0.1, -0.05) is 143 Å². The van der Waals surface area contributed by atoms with Crippen LogP contribution in [0.2, 0.25) is 0 Å². The molecule has 7 heterocycles. The first-order valence-corrected chi connectivity index (χ1v) is 35.3. The summed E-state index contributed by atoms with van der Waals surface area (Å²) in [7, 11) is 0. The van der Waals surface area contributed by atoms with Gasteiger partial charge in [0, 0.05) is 131 Å². The molecular formula is C91H86Ir3N7-3. The Hall–Kier alpha value is -8.42. The predicted molar refractivity (Wildman–Crippen MR) is 415 cm³/mol. The van der Waals surface area contributed by atoms with Gasteiger partial charge in [0.25, 0.3) is 0 Å². The van der Waals surface area contributed by atoms with Crippen molar-refractivity contribution < 1.29 is 60.3 Å². The average Bonchev–Trinajstić information content (AvgIpc) is 1.68. The number of nitrogens with zero attached hydrogens (tertiary/aromatic N) is 7. The summed E-state index contributed by atoms with van der Waals surface area (Å²) in [5.74, 6) is 1.33. The van der Waals surface area contributed by atoms with Crippen molar-refractivity contribution in [3.63, 3.8) is 0 Å². The number of rotatable bonds is 8. The van der Waals surface area contributed by atoms with Crippen molar-refractivity contribution in [2.24, 2.45) is 0 Å². The minimum absolute atomic E-state index is 0. The Kier molecular flexibility index (Phi) is 21.1. The minimum Gasteiger partial charge on any atom is -0.372 e. The predicted octanol–water partition coefficient (Wildman–Crippen LogP) is 23.8. The molecule has 0 unspecified atom stereocenters. The Balaban J connectivity index is 0.000000141. The van der Waals surface area contributed by atoms with Crippen molar-refractivity contribution in [3.05, 3.63) is 268 Å². The van der Waals surface area contributed by atoms with Gasteiger partial charge in [0.05, 0.1) is 34.0 Å². The Bertz CT molecular complexity index is 5750. The van der Waals surface area contributed by atoms with Gasteiger partial charge in [-0.05, 0) is 211 Å². The first-order valence-electron chi connectivity index (χ1n) is 35.3. The van der Waals surface area contributed by atoms with Gasteiger partial charge in [0.2, 0.25) is 0 Å². The zero-order valence-electron chi connectivity index (χ0n) is 60.3. The summed E-state index contributed by atoms with van der Waals surface area (Å²) in [5.41, 5.74) is 32.2. The Morgan fingerprint density at radius 3 is 1.20 bits per heavy atom. The van der Waals surface area contributed by atoms with E-state index in [-0.39, 0.29) is 60.3 Å². The molecule has 16 aromatic rings. The number of anilines is 1. The molecule has 6 aromatic heterocycles. The molecule has 515 valence electrons. The first kappa shape index (κ1) is 72.4. The maximum absolute atomic E-state index is 5.02. The van der Waals surface area contributed by atoms with Gasteiger partial charge in [-0.2, -0.15) is 0 Å². The summed E-state index contributed by atoms with van der Waals surface area (Å²) in [6, 6.07) is 72.0. The standard InChI is InChI=1S/C32H35N2.C31H25N2.C28H26N3.3Ir/c1-18(2)23-15-26(19(3)4)31(27(16-23)20(5)6)30-17-33-32-25-12-10-9-11-24(25)28-13-21(7)22(8)14-29(28)34(30)32;1-19-16-27-25-12-8-9-13-26(25)31-32-18-29(33(31)28(27)17-20(19)2)30-21(3)14-24(15-22(30)4)23-10-6-5-7-11-23;1-19-9-8-10-20(2)27(19)26-18-29-28-23-12-5-4-11-22(23)24-17-21(13-14-25(24)31(26)28)30-15-6-3-7-16-30;;;/h9-11,13-20H,1-8H3;5-12,14-18H,1-4H3;4-5,8-11,13-14,17-18H,3,6-7,15-16H2,1-2H3;;;/q3*-1;;;. The van der Waals surface area contributed by atoms with E-state index in [1.54, 1.807) is 0 Å². The van der Waals surface area contributed by atoms with Gasteiger partial charge in [-0.25, -0.2) is 0 Å². The fraction of sp³-hybridized carbons (Fsp3) is 0.242. The second kappa shape index (κ2) is 29.5. The van der Waals surface area contributed by atoms with Crippen molar-refractivity contribution in [2.45, 2.75) is 134 Å². The quantitative estimate of drug-likeness (QED) is 0.112. The molecule has 1 fully saturated rings. The molecule has 3 radical (unpaired) electrons. The Morgan fingerprint density at radius 1 is 0.337 bits per heavy atom. The van der Waals surface area contributed by atoms with Gasteiger partial charge in [0.1, 0.15) is 0 Å². The van der Waals surface area contributed by atoms with Crippen LogP contribution in [0.4, 0.5) is 5.69 Å². The van der Waals surface area contributed by atoms with E-state index in [1.165, 1.54) is 169 Å². The van der Waals surface area contributed by atoms with E-state index < -0.39 is 0 Å². The number of pyridine rings is 3. The maximum Gasteiger partial charge on any atom is 0.0639 e. The van der Waals surface area contributed by atoms with Crippen LogP contribution in [0, 0.1) is 73.6 Å². The van der Waals surface area contributed by atoms with Crippen LogP contribution in [0.5, 0.6) is 0 Å². The van der Waals surface area contributed by atoms with Crippen LogP contribution >= 0.6 is 0 Å². The Labute approximate surface area is 635 Å². The zero-order chi connectivity index (χ0) is 67.9. The van der Waals surface area contributed by atoms with Gasteiger partial charge in [-0.15, -0.1) is 89.0 Å². The van der Waals surface area contributed by atoms with Gasteiger partial charge >= 0.3 is 0 Å². The first-order chi connectivity index (χ1) is 47.4. The summed E-state index contributed by atoms with van der Waals surface area (Å²) in [6.45, 7) is 33.7. The third-order valence-electron chi connectivity index (χ3n) is 21.1. The summed E-state index contributed by atoms with van der Waals surface area (Å²) in [5, 5.41) is 10.7. The summed E-state index contributed by atoms with van der Waals surface area (Å²) in [6.07, 6.45) is 10.1. The molecule has 1 aliphatic rings. The van der Waals surface area contributed by atoms with Gasteiger partial charge < -0.3 is 18.1 Å². The molecule has 0 aliphatic carbocycles. The van der Waals surface area contributed by atoms with Gasteiger partial charge in [0.15, 0.2) is 0 Å². The number of fused-ring (bicyclic) bond motifs is 18. The van der Waals surface area contributed by atoms with Crippen LogP contribution in [0.25, 0.3) is 127 Å². The number of benzene rings is 10. The molecule has 101 heavy (non-hydrogen) atoms. The largest absolute Gasteiger partial charge is 0.372 e. The Morgan fingerprint density at radius 2 is 0.752 bits per heavy atom. The van der Waals surface area contributed by atoms with Crippen LogP contribution in [0.3, 0.4) is 0 Å². The third-order valence-corrected chi connectivity index (χ3v) is 21.1. The van der Waals surface area contributed by atoms with Crippen molar-refractivity contribution in [1.29, 1.82) is 0 Å². The molecule has 10 heteroatoms. The number of aromatic nitrogens is 6. The minimum atomic E-state index is 0. The van der Waals surface area contributed by atoms with Crippen molar-refractivity contribution >= 4 is 87.7 Å². The monoisotopic (exact) mass is 1860 g/mol. The van der Waals surface area contributed by atoms with E-state index in [2.05, 4.69) is 291 Å². The number of piperidine rings is 1. The molecule has 1 saturated heterocycles. The molecule has 0 amide bonds. The molecule has 1 aliphatic heterocycles. The molecule has 0 N–H and O–H groups in total. The van der Waals surface area contributed by atoms with Crippen LogP contribution in [0.1, 0.15) is 140 Å². The second-order valence-electron chi connectivity index (χ2n) is 28.6. The fourth-order valence-electron chi connectivity index (χ4n) is 15.7. The number of hydrogen-bond donors (Lipinski definition) is 0. The molecule has 0 atom stereocenters. The van der Waals surface area contributed by atoms with Crippen molar-refractivity contribution in [2.75, 3.05) is 18.0 Å². The summed E-state index contributed by atoms with van der Waals surface area (Å²) >= 11 is 0. The van der Waals surface area contributed by atoms with Crippen LogP contribution in [-0.2, 0) is 60.3 Å². The smallest absolute Gasteiger partial charge is 0.0639 e. The van der Waals surface area contributed by atoms with Crippen LogP contribution in [0.15, 0.2) is 188 Å². The SMILES string of the molecule is Cc1cc2c3ccc[c-]c3c3ncc(-c4c(C(C)C)cc(C(C)C)cc4C(C)C)n3c2cc1C.Cc1cc2c3ccc[c-]c3c3ncc(-c4c(C)cc(-c5ccccc5)cc4C)n3c2cc1C.Cc1cccc(C)c1-c1cnc2c3[c-]cccc3c3cc(N4CCCCC4)ccc3n12.[Ir].[Ir].[Ir]. The topological polar surface area (TPSA) is 55.1 Å². The van der Waals surface area contributed by atoms with E-state index in [4.69, 9.17) is 15.0 Å². The molecule has 0 bridgehead atoms. The van der Waals surface area contributed by atoms with Gasteiger partial charge in [-0.3, -0.25) is 15.0 Å². The third kappa shape index (κ3) is 12.9. The normalized spacial score (nSPS) is 12.5. The van der Waals surface area contributed by atoms with E-state index >= 15 is 0 Å². The molecular weight excluding hydrogens is 1770 g/mol. The maximum atomic E-state index is 5.02. The fourth-order valence-corrected chi connectivity index (χ4v) is 15.7. The van der Waals surface area contributed by atoms with E-state index in [0.717, 1.165) is 57.6 Å². The second-order valence-corrected chi connectivity index (χ2v) is 28.6. The summed E-state index contributed by atoms with van der Waals surface area (Å²) < 4.78 is 7.06. The van der Waals surface area contributed by atoms with E-state index in [0.29, 0.717) is 17.8 Å². The molecule has 0 spiro atoms. The zero-order valence-corrected chi connectivity index (χ0v) is 67.5. The average molecular weight is 1850 g/mol. The van der Waals surface area contributed by atoms with Crippen molar-refractivity contribution in [1.82, 2.24) is 28.2 Å². The van der Waals surface area contributed by atoms with Crippen LogP contribution in [-0.4, -0.2) is 41.2 Å². The van der Waals surface area contributed by atoms with Crippen molar-refractivity contribution in [3.8, 4) is 44.9 Å². The number of hydrogen-bond acceptors (Lipinski definition) is 4. The van der Waals surface area contributed by atoms with E-state index in [1.807, 2.05) is 30.6 Å². The number of aryl methyl sites for hydroxylation is 8. The van der Waals surface area contributed by atoms with Crippen LogP contribution < -0.4 is 4.90 Å². The molecule has 17 rings (SSSR count). The molecule has 0 saturated carbocycles. The van der Waals surface area contributed by atoms with E-state index in [9.17, 15) is 0 Å². The molecule has 7 nitrogen and oxygen atoms in total.